The molecule has 1 N–H and O–H groups in total. The quantitative estimate of drug-likeness (QED) is 0.467. The van der Waals surface area contributed by atoms with E-state index in [0.29, 0.717) is 12.2 Å². The lowest BCUT2D eigenvalue weighted by atomic mass is 9.92. The summed E-state index contributed by atoms with van der Waals surface area (Å²) in [6, 6.07) is 12.6. The topological polar surface area (TPSA) is 59.8 Å². The molecule has 158 valence electrons. The Bertz CT molecular complexity index is 1260. The third-order valence-corrected chi connectivity index (χ3v) is 6.97. The van der Waals surface area contributed by atoms with Gasteiger partial charge in [-0.1, -0.05) is 35.1 Å². The van der Waals surface area contributed by atoms with E-state index >= 15 is 0 Å². The van der Waals surface area contributed by atoms with Gasteiger partial charge in [0.05, 0.1) is 22.3 Å². The SMILES string of the molecule is Cc1ccc(C)c(CC(=O)Nc2cc(C)nn2-c2nc3cc4c(cc3s2)CCCC4)c1. The Morgan fingerprint density at radius 3 is 2.65 bits per heavy atom. The largest absolute Gasteiger partial charge is 0.310 e. The van der Waals surface area contributed by atoms with Crippen LogP contribution >= 0.6 is 11.3 Å². The van der Waals surface area contributed by atoms with Gasteiger partial charge in [0.25, 0.3) is 0 Å². The Balaban J connectivity index is 1.44. The van der Waals surface area contributed by atoms with Crippen molar-refractivity contribution in [2.45, 2.75) is 52.9 Å². The fourth-order valence-electron chi connectivity index (χ4n) is 4.32. The normalized spacial score (nSPS) is 13.4. The first-order valence-corrected chi connectivity index (χ1v) is 11.6. The first-order valence-electron chi connectivity index (χ1n) is 10.8. The van der Waals surface area contributed by atoms with Crippen molar-refractivity contribution in [2.24, 2.45) is 0 Å². The molecule has 0 saturated heterocycles. The molecule has 0 bridgehead atoms. The molecule has 0 spiro atoms. The Morgan fingerprint density at radius 1 is 1.06 bits per heavy atom. The average molecular weight is 431 g/mol. The van der Waals surface area contributed by atoms with E-state index in [-0.39, 0.29) is 5.91 Å². The van der Waals surface area contributed by atoms with Gasteiger partial charge in [-0.25, -0.2) is 4.98 Å². The van der Waals surface area contributed by atoms with E-state index in [9.17, 15) is 4.79 Å². The maximum Gasteiger partial charge on any atom is 0.229 e. The minimum atomic E-state index is -0.0496. The summed E-state index contributed by atoms with van der Waals surface area (Å²) in [4.78, 5) is 17.7. The van der Waals surface area contributed by atoms with Crippen molar-refractivity contribution in [3.05, 3.63) is 69.9 Å². The van der Waals surface area contributed by atoms with Crippen LogP contribution in [0.25, 0.3) is 15.3 Å². The first-order chi connectivity index (χ1) is 15.0. The van der Waals surface area contributed by atoms with E-state index in [0.717, 1.165) is 45.9 Å². The Morgan fingerprint density at radius 2 is 1.84 bits per heavy atom. The summed E-state index contributed by atoms with van der Waals surface area (Å²) in [6.07, 6.45) is 5.14. The highest BCUT2D eigenvalue weighted by atomic mass is 32.1. The van der Waals surface area contributed by atoms with Gasteiger partial charge in [0.2, 0.25) is 11.0 Å². The number of aromatic nitrogens is 3. The number of carbonyl (C=O) groups excluding carboxylic acids is 1. The fraction of sp³-hybridized carbons (Fsp3) is 0.320. The molecule has 1 aliphatic carbocycles. The van der Waals surface area contributed by atoms with Gasteiger partial charge >= 0.3 is 0 Å². The van der Waals surface area contributed by atoms with Crippen LogP contribution < -0.4 is 5.32 Å². The van der Waals surface area contributed by atoms with Crippen molar-refractivity contribution in [3.8, 4) is 5.13 Å². The molecule has 0 radical (unpaired) electrons. The minimum Gasteiger partial charge on any atom is -0.310 e. The zero-order valence-electron chi connectivity index (χ0n) is 18.2. The number of aryl methyl sites for hydroxylation is 5. The van der Waals surface area contributed by atoms with Crippen LogP contribution in [0.3, 0.4) is 0 Å². The number of hydrogen-bond donors (Lipinski definition) is 1. The zero-order valence-corrected chi connectivity index (χ0v) is 19.0. The Hall–Kier alpha value is -2.99. The van der Waals surface area contributed by atoms with Crippen LogP contribution in [0.1, 0.15) is 46.4 Å². The van der Waals surface area contributed by atoms with Gasteiger partial charge in [-0.3, -0.25) is 4.79 Å². The number of nitrogens with zero attached hydrogens (tertiary/aromatic N) is 3. The van der Waals surface area contributed by atoms with Crippen LogP contribution in [0.2, 0.25) is 0 Å². The first kappa shape index (κ1) is 19.9. The lowest BCUT2D eigenvalue weighted by Gasteiger charge is -2.14. The van der Waals surface area contributed by atoms with Crippen LogP contribution in [0.4, 0.5) is 5.82 Å². The van der Waals surface area contributed by atoms with Crippen molar-refractivity contribution in [3.63, 3.8) is 0 Å². The molecule has 2 heterocycles. The summed E-state index contributed by atoms with van der Waals surface area (Å²) in [5.74, 6) is 0.614. The van der Waals surface area contributed by atoms with Crippen molar-refractivity contribution in [1.29, 1.82) is 0 Å². The van der Waals surface area contributed by atoms with Gasteiger partial charge in [0.15, 0.2) is 0 Å². The van der Waals surface area contributed by atoms with Crippen molar-refractivity contribution >= 4 is 33.3 Å². The number of anilines is 1. The third-order valence-electron chi connectivity index (χ3n) is 5.98. The zero-order chi connectivity index (χ0) is 21.5. The molecule has 0 fully saturated rings. The fourth-order valence-corrected chi connectivity index (χ4v) is 5.30. The van der Waals surface area contributed by atoms with E-state index in [1.807, 2.05) is 26.8 Å². The number of amides is 1. The molecule has 31 heavy (non-hydrogen) atoms. The van der Waals surface area contributed by atoms with Crippen molar-refractivity contribution in [2.75, 3.05) is 5.32 Å². The lowest BCUT2D eigenvalue weighted by molar-refractivity contribution is -0.115. The van der Waals surface area contributed by atoms with Gasteiger partial charge in [0.1, 0.15) is 5.82 Å². The maximum absolute atomic E-state index is 12.8. The second-order valence-corrected chi connectivity index (χ2v) is 9.54. The average Bonchev–Trinajstić information content (AvgIpc) is 3.31. The molecule has 6 heteroatoms. The second-order valence-electron chi connectivity index (χ2n) is 8.53. The predicted molar refractivity (Wildman–Crippen MR) is 126 cm³/mol. The lowest BCUT2D eigenvalue weighted by Crippen LogP contribution is -2.17. The second kappa shape index (κ2) is 7.93. The van der Waals surface area contributed by atoms with Crippen LogP contribution in [0.15, 0.2) is 36.4 Å². The molecule has 0 atom stereocenters. The standard InChI is InChI=1S/C25H26N4OS/c1-15-8-9-16(2)20(10-15)14-24(30)27-23-11-17(3)28-29(23)25-26-21-12-18-6-4-5-7-19(18)13-22(21)31-25/h8-13H,4-7,14H2,1-3H3,(H,27,30). The summed E-state index contributed by atoms with van der Waals surface area (Å²) in [7, 11) is 0. The van der Waals surface area contributed by atoms with Gasteiger partial charge in [-0.15, -0.1) is 0 Å². The van der Waals surface area contributed by atoms with Gasteiger partial charge in [-0.2, -0.15) is 9.78 Å². The molecular formula is C25H26N4OS. The molecule has 4 aromatic rings. The Labute approximate surface area is 186 Å². The number of rotatable bonds is 4. The summed E-state index contributed by atoms with van der Waals surface area (Å²) in [5.41, 5.74) is 8.07. The van der Waals surface area contributed by atoms with Gasteiger partial charge < -0.3 is 5.32 Å². The summed E-state index contributed by atoms with van der Waals surface area (Å²) in [5, 5.41) is 8.45. The molecule has 0 saturated carbocycles. The van der Waals surface area contributed by atoms with Crippen LogP contribution in [-0.4, -0.2) is 20.7 Å². The molecule has 5 nitrogen and oxygen atoms in total. The molecule has 1 aliphatic rings. The van der Waals surface area contributed by atoms with Crippen molar-refractivity contribution < 1.29 is 4.79 Å². The van der Waals surface area contributed by atoms with E-state index in [4.69, 9.17) is 4.98 Å². The number of benzene rings is 2. The third kappa shape index (κ3) is 4.00. The predicted octanol–water partition coefficient (Wildman–Crippen LogP) is 5.47. The van der Waals surface area contributed by atoms with Gasteiger partial charge in [0, 0.05) is 6.07 Å². The minimum absolute atomic E-state index is 0.0496. The summed E-state index contributed by atoms with van der Waals surface area (Å²) < 4.78 is 2.94. The van der Waals surface area contributed by atoms with E-state index in [1.54, 1.807) is 16.0 Å². The number of fused-ring (bicyclic) bond motifs is 2. The number of thiazole rings is 1. The van der Waals surface area contributed by atoms with Crippen LogP contribution in [-0.2, 0) is 24.1 Å². The van der Waals surface area contributed by atoms with Gasteiger partial charge in [-0.05, 0) is 80.8 Å². The molecule has 2 aromatic heterocycles. The summed E-state index contributed by atoms with van der Waals surface area (Å²) in [6.45, 7) is 6.02. The smallest absolute Gasteiger partial charge is 0.229 e. The highest BCUT2D eigenvalue weighted by Gasteiger charge is 2.17. The van der Waals surface area contributed by atoms with Crippen LogP contribution in [0, 0.1) is 20.8 Å². The number of carbonyl (C=O) groups is 1. The number of nitrogens with one attached hydrogen (secondary N) is 1. The van der Waals surface area contributed by atoms with Crippen LogP contribution in [0.5, 0.6) is 0 Å². The highest BCUT2D eigenvalue weighted by molar-refractivity contribution is 7.20. The molecule has 1 amide bonds. The molecule has 2 aromatic carbocycles. The van der Waals surface area contributed by atoms with E-state index in [1.165, 1.54) is 28.7 Å². The Kier molecular flexibility index (Phi) is 5.10. The monoisotopic (exact) mass is 430 g/mol. The molecule has 5 rings (SSSR count). The molecule has 0 aliphatic heterocycles. The summed E-state index contributed by atoms with van der Waals surface area (Å²) >= 11 is 1.62. The number of hydrogen-bond acceptors (Lipinski definition) is 4. The molecular weight excluding hydrogens is 404 g/mol. The van der Waals surface area contributed by atoms with E-state index in [2.05, 4.69) is 40.7 Å². The maximum atomic E-state index is 12.8. The molecule has 0 unspecified atom stereocenters. The van der Waals surface area contributed by atoms with E-state index < -0.39 is 0 Å². The van der Waals surface area contributed by atoms with Crippen molar-refractivity contribution in [1.82, 2.24) is 14.8 Å². The highest BCUT2D eigenvalue weighted by Crippen LogP contribution is 2.32.